The van der Waals surface area contributed by atoms with Gasteiger partial charge in [-0.2, -0.15) is 0 Å². The van der Waals surface area contributed by atoms with Gasteiger partial charge >= 0.3 is 0 Å². The second-order valence-corrected chi connectivity index (χ2v) is 6.37. The third-order valence-corrected chi connectivity index (χ3v) is 4.38. The molecule has 118 valence electrons. The van der Waals surface area contributed by atoms with Crippen LogP contribution in [0, 0.1) is 5.82 Å². The lowest BCUT2D eigenvalue weighted by Crippen LogP contribution is -2.55. The van der Waals surface area contributed by atoms with Gasteiger partial charge in [0.1, 0.15) is 5.82 Å². The van der Waals surface area contributed by atoms with Crippen LogP contribution in [0.1, 0.15) is 37.7 Å². The van der Waals surface area contributed by atoms with Crippen molar-refractivity contribution in [3.63, 3.8) is 0 Å². The normalized spacial score (nSPS) is 16.9. The van der Waals surface area contributed by atoms with E-state index in [0.29, 0.717) is 18.5 Å². The van der Waals surface area contributed by atoms with Crippen LogP contribution in [0.2, 0.25) is 0 Å². The molecule has 21 heavy (non-hydrogen) atoms. The summed E-state index contributed by atoms with van der Waals surface area (Å²) in [5.41, 5.74) is 6.01. The van der Waals surface area contributed by atoms with Crippen LogP contribution in [0.5, 0.6) is 0 Å². The first-order chi connectivity index (χ1) is 9.51. The Labute approximate surface area is 139 Å². The van der Waals surface area contributed by atoms with Gasteiger partial charge in [0.25, 0.3) is 0 Å². The SMILES string of the molecule is Cl.NC1(C(=O)NCCc2cc(Br)ccc2F)CCCCC1. The molecular weight excluding hydrogens is 359 g/mol. The Bertz CT molecular complexity index is 493. The van der Waals surface area contributed by atoms with Crippen molar-refractivity contribution in [2.24, 2.45) is 5.73 Å². The van der Waals surface area contributed by atoms with Crippen molar-refractivity contribution in [3.05, 3.63) is 34.1 Å². The number of amides is 1. The zero-order chi connectivity index (χ0) is 14.6. The number of halogens is 3. The van der Waals surface area contributed by atoms with Crippen LogP contribution in [0.3, 0.4) is 0 Å². The molecule has 1 aromatic rings. The highest BCUT2D eigenvalue weighted by Crippen LogP contribution is 2.26. The molecule has 0 bridgehead atoms. The Morgan fingerprint density at radius 2 is 2.00 bits per heavy atom. The molecule has 0 aromatic heterocycles. The smallest absolute Gasteiger partial charge is 0.240 e. The van der Waals surface area contributed by atoms with Crippen molar-refractivity contribution in [3.8, 4) is 0 Å². The molecule has 0 spiro atoms. The molecule has 0 saturated heterocycles. The molecule has 2 rings (SSSR count). The van der Waals surface area contributed by atoms with Gasteiger partial charge in [0, 0.05) is 11.0 Å². The van der Waals surface area contributed by atoms with Crippen molar-refractivity contribution in [2.75, 3.05) is 6.54 Å². The van der Waals surface area contributed by atoms with Gasteiger partial charge in [-0.1, -0.05) is 35.2 Å². The highest BCUT2D eigenvalue weighted by molar-refractivity contribution is 9.10. The van der Waals surface area contributed by atoms with Gasteiger partial charge in [-0.05, 0) is 43.0 Å². The summed E-state index contributed by atoms with van der Waals surface area (Å²) >= 11 is 3.31. The van der Waals surface area contributed by atoms with E-state index in [2.05, 4.69) is 21.2 Å². The van der Waals surface area contributed by atoms with E-state index in [1.54, 1.807) is 12.1 Å². The van der Waals surface area contributed by atoms with Crippen LogP contribution in [0.4, 0.5) is 4.39 Å². The molecule has 0 aliphatic heterocycles. The summed E-state index contributed by atoms with van der Waals surface area (Å²) < 4.78 is 14.4. The van der Waals surface area contributed by atoms with Crippen LogP contribution < -0.4 is 11.1 Å². The maximum absolute atomic E-state index is 13.6. The number of carbonyl (C=O) groups is 1. The van der Waals surface area contributed by atoms with Gasteiger partial charge < -0.3 is 11.1 Å². The van der Waals surface area contributed by atoms with E-state index < -0.39 is 5.54 Å². The minimum absolute atomic E-state index is 0. The predicted octanol–water partition coefficient (Wildman–Crippen LogP) is 3.33. The lowest BCUT2D eigenvalue weighted by atomic mass is 9.82. The molecular formula is C15H21BrClFN2O. The Kier molecular flexibility index (Phi) is 7.10. The maximum atomic E-state index is 13.6. The molecule has 1 aliphatic rings. The second-order valence-electron chi connectivity index (χ2n) is 5.46. The Hall–Kier alpha value is -0.650. The van der Waals surface area contributed by atoms with Gasteiger partial charge in [0.2, 0.25) is 5.91 Å². The number of carbonyl (C=O) groups excluding carboxylic acids is 1. The molecule has 0 heterocycles. The quantitative estimate of drug-likeness (QED) is 0.843. The van der Waals surface area contributed by atoms with E-state index in [-0.39, 0.29) is 24.1 Å². The largest absolute Gasteiger partial charge is 0.354 e. The zero-order valence-electron chi connectivity index (χ0n) is 11.8. The number of nitrogens with two attached hydrogens (primary N) is 1. The fourth-order valence-electron chi connectivity index (χ4n) is 2.63. The van der Waals surface area contributed by atoms with E-state index >= 15 is 0 Å². The van der Waals surface area contributed by atoms with Gasteiger partial charge in [-0.15, -0.1) is 12.4 Å². The number of nitrogens with one attached hydrogen (secondary N) is 1. The minimum atomic E-state index is -0.728. The first-order valence-electron chi connectivity index (χ1n) is 7.02. The molecule has 1 amide bonds. The monoisotopic (exact) mass is 378 g/mol. The van der Waals surface area contributed by atoms with Crippen molar-refractivity contribution in [1.29, 1.82) is 0 Å². The number of hydrogen-bond acceptors (Lipinski definition) is 2. The summed E-state index contributed by atoms with van der Waals surface area (Å²) in [7, 11) is 0. The summed E-state index contributed by atoms with van der Waals surface area (Å²) in [6.07, 6.45) is 5.10. The third kappa shape index (κ3) is 4.94. The molecule has 0 atom stereocenters. The van der Waals surface area contributed by atoms with E-state index in [0.717, 1.165) is 36.6 Å². The molecule has 1 fully saturated rings. The average Bonchev–Trinajstić information content (AvgIpc) is 2.43. The van der Waals surface area contributed by atoms with Crippen molar-refractivity contribution < 1.29 is 9.18 Å². The molecule has 1 aliphatic carbocycles. The molecule has 6 heteroatoms. The van der Waals surface area contributed by atoms with E-state index in [1.807, 2.05) is 0 Å². The molecule has 0 unspecified atom stereocenters. The highest BCUT2D eigenvalue weighted by Gasteiger charge is 2.34. The lowest BCUT2D eigenvalue weighted by molar-refractivity contribution is -0.127. The molecule has 3 nitrogen and oxygen atoms in total. The topological polar surface area (TPSA) is 55.1 Å². The Morgan fingerprint density at radius 3 is 2.67 bits per heavy atom. The second kappa shape index (κ2) is 8.11. The standard InChI is InChI=1S/C15H20BrFN2O.ClH/c16-12-4-5-13(17)11(10-12)6-9-19-14(20)15(18)7-2-1-3-8-15;/h4-5,10H,1-3,6-9,18H2,(H,19,20);1H. The summed E-state index contributed by atoms with van der Waals surface area (Å²) in [5, 5.41) is 2.84. The van der Waals surface area contributed by atoms with E-state index in [4.69, 9.17) is 5.73 Å². The fraction of sp³-hybridized carbons (Fsp3) is 0.533. The van der Waals surface area contributed by atoms with E-state index in [9.17, 15) is 9.18 Å². The van der Waals surface area contributed by atoms with Crippen LogP contribution in [-0.2, 0) is 11.2 Å². The summed E-state index contributed by atoms with van der Waals surface area (Å²) in [6.45, 7) is 0.408. The van der Waals surface area contributed by atoms with Crippen molar-refractivity contribution >= 4 is 34.2 Å². The predicted molar refractivity (Wildman–Crippen MR) is 88.1 cm³/mol. The molecule has 0 radical (unpaired) electrons. The molecule has 1 saturated carbocycles. The van der Waals surface area contributed by atoms with Crippen molar-refractivity contribution in [2.45, 2.75) is 44.1 Å². The zero-order valence-corrected chi connectivity index (χ0v) is 14.2. The first-order valence-corrected chi connectivity index (χ1v) is 7.82. The van der Waals surface area contributed by atoms with Crippen LogP contribution >= 0.6 is 28.3 Å². The highest BCUT2D eigenvalue weighted by atomic mass is 79.9. The molecule has 3 N–H and O–H groups in total. The van der Waals surface area contributed by atoms with E-state index in [1.165, 1.54) is 6.07 Å². The van der Waals surface area contributed by atoms with Crippen LogP contribution in [0.15, 0.2) is 22.7 Å². The Balaban J connectivity index is 0.00000220. The summed E-state index contributed by atoms with van der Waals surface area (Å²) in [6, 6.07) is 4.82. The van der Waals surface area contributed by atoms with Gasteiger partial charge in [-0.25, -0.2) is 4.39 Å². The summed E-state index contributed by atoms with van der Waals surface area (Å²) in [4.78, 5) is 12.1. The molecule has 1 aromatic carbocycles. The third-order valence-electron chi connectivity index (χ3n) is 3.89. The number of rotatable bonds is 4. The Morgan fingerprint density at radius 1 is 1.33 bits per heavy atom. The fourth-order valence-corrected chi connectivity index (χ4v) is 3.04. The van der Waals surface area contributed by atoms with Crippen molar-refractivity contribution in [1.82, 2.24) is 5.32 Å². The number of benzene rings is 1. The van der Waals surface area contributed by atoms with Crippen LogP contribution in [0.25, 0.3) is 0 Å². The van der Waals surface area contributed by atoms with Gasteiger partial charge in [-0.3, -0.25) is 4.79 Å². The lowest BCUT2D eigenvalue weighted by Gasteiger charge is -2.31. The van der Waals surface area contributed by atoms with Gasteiger partial charge in [0.15, 0.2) is 0 Å². The van der Waals surface area contributed by atoms with Gasteiger partial charge in [0.05, 0.1) is 5.54 Å². The average molecular weight is 380 g/mol. The summed E-state index contributed by atoms with van der Waals surface area (Å²) in [5.74, 6) is -0.352. The number of hydrogen-bond donors (Lipinski definition) is 2. The maximum Gasteiger partial charge on any atom is 0.240 e. The minimum Gasteiger partial charge on any atom is -0.354 e. The first kappa shape index (κ1) is 18.4. The van der Waals surface area contributed by atoms with Crippen LogP contribution in [-0.4, -0.2) is 18.0 Å².